The molecule has 1 unspecified atom stereocenters. The zero-order valence-electron chi connectivity index (χ0n) is 11.7. The van der Waals surface area contributed by atoms with Gasteiger partial charge in [-0.25, -0.2) is 13.2 Å². The summed E-state index contributed by atoms with van der Waals surface area (Å²) in [4.78, 5) is 0. The van der Waals surface area contributed by atoms with E-state index in [4.69, 9.17) is 0 Å². The first-order valence-electron chi connectivity index (χ1n) is 7.02. The van der Waals surface area contributed by atoms with E-state index in [0.717, 1.165) is 30.0 Å². The maximum atomic E-state index is 13.8. The van der Waals surface area contributed by atoms with Crippen molar-refractivity contribution >= 4 is 5.69 Å². The Labute approximate surface area is 121 Å². The van der Waals surface area contributed by atoms with E-state index in [1.807, 2.05) is 31.2 Å². The number of nitrogens with one attached hydrogen (secondary N) is 1. The van der Waals surface area contributed by atoms with Crippen molar-refractivity contribution in [1.29, 1.82) is 0 Å². The molecule has 1 saturated carbocycles. The van der Waals surface area contributed by atoms with Gasteiger partial charge in [0.15, 0.2) is 11.6 Å². The van der Waals surface area contributed by atoms with Gasteiger partial charge >= 0.3 is 0 Å². The molecule has 1 aliphatic carbocycles. The summed E-state index contributed by atoms with van der Waals surface area (Å²) in [5.74, 6) is -2.61. The number of halogens is 3. The van der Waals surface area contributed by atoms with Gasteiger partial charge < -0.3 is 5.32 Å². The fraction of sp³-hybridized carbons (Fsp3) is 0.294. The largest absolute Gasteiger partial charge is 0.375 e. The summed E-state index contributed by atoms with van der Waals surface area (Å²) in [5, 5.41) is 2.97. The minimum Gasteiger partial charge on any atom is -0.375 e. The van der Waals surface area contributed by atoms with Gasteiger partial charge in [0.2, 0.25) is 0 Å². The van der Waals surface area contributed by atoms with Gasteiger partial charge in [-0.3, -0.25) is 0 Å². The van der Waals surface area contributed by atoms with Crippen LogP contribution in [0.3, 0.4) is 0 Å². The molecule has 1 fully saturated rings. The van der Waals surface area contributed by atoms with Gasteiger partial charge in [0.1, 0.15) is 5.82 Å². The minimum absolute atomic E-state index is 0.120. The van der Waals surface area contributed by atoms with Crippen LogP contribution in [0.2, 0.25) is 0 Å². The molecule has 110 valence electrons. The zero-order chi connectivity index (χ0) is 15.0. The third kappa shape index (κ3) is 3.04. The van der Waals surface area contributed by atoms with Crippen LogP contribution in [-0.4, -0.2) is 0 Å². The highest BCUT2D eigenvalue weighted by Gasteiger charge is 2.33. The lowest BCUT2D eigenvalue weighted by atomic mass is 10.0. The summed E-state index contributed by atoms with van der Waals surface area (Å²) in [6.07, 6.45) is 2.07. The first kappa shape index (κ1) is 14.0. The van der Waals surface area contributed by atoms with Crippen molar-refractivity contribution in [2.24, 2.45) is 5.92 Å². The van der Waals surface area contributed by atoms with E-state index in [-0.39, 0.29) is 11.7 Å². The summed E-state index contributed by atoms with van der Waals surface area (Å²) >= 11 is 0. The van der Waals surface area contributed by atoms with Crippen molar-refractivity contribution in [2.45, 2.75) is 25.8 Å². The van der Waals surface area contributed by atoms with Crippen LogP contribution in [0, 0.1) is 30.3 Å². The molecule has 1 aliphatic rings. The zero-order valence-corrected chi connectivity index (χ0v) is 11.7. The second kappa shape index (κ2) is 5.43. The number of benzene rings is 2. The van der Waals surface area contributed by atoms with Crippen LogP contribution in [0.1, 0.15) is 30.0 Å². The Morgan fingerprint density at radius 2 is 1.71 bits per heavy atom. The van der Waals surface area contributed by atoms with Gasteiger partial charge in [-0.1, -0.05) is 29.8 Å². The molecule has 0 spiro atoms. The number of anilines is 1. The molecule has 0 aromatic heterocycles. The molecule has 3 rings (SSSR count). The van der Waals surface area contributed by atoms with Gasteiger partial charge in [0, 0.05) is 12.1 Å². The molecule has 1 nitrogen and oxygen atoms in total. The van der Waals surface area contributed by atoms with E-state index < -0.39 is 17.5 Å². The van der Waals surface area contributed by atoms with Crippen LogP contribution >= 0.6 is 0 Å². The molecule has 0 heterocycles. The van der Waals surface area contributed by atoms with Crippen LogP contribution in [0.4, 0.5) is 18.9 Å². The van der Waals surface area contributed by atoms with Gasteiger partial charge in [-0.15, -0.1) is 0 Å². The molecule has 1 atom stereocenters. The van der Waals surface area contributed by atoms with Crippen molar-refractivity contribution in [2.75, 3.05) is 5.32 Å². The van der Waals surface area contributed by atoms with E-state index in [0.29, 0.717) is 12.0 Å². The molecule has 1 N–H and O–H groups in total. The van der Waals surface area contributed by atoms with Crippen LogP contribution in [-0.2, 0) is 0 Å². The number of hydrogen-bond donors (Lipinski definition) is 1. The molecule has 2 aromatic carbocycles. The second-order valence-electron chi connectivity index (χ2n) is 5.62. The SMILES string of the molecule is Cc1ccc(C(Nc2cc(F)cc(F)c2F)C2CC2)cc1. The highest BCUT2D eigenvalue weighted by molar-refractivity contribution is 5.48. The molecule has 0 amide bonds. The highest BCUT2D eigenvalue weighted by Crippen LogP contribution is 2.43. The quantitative estimate of drug-likeness (QED) is 0.784. The van der Waals surface area contributed by atoms with Crippen LogP contribution < -0.4 is 5.32 Å². The molecule has 0 aliphatic heterocycles. The highest BCUT2D eigenvalue weighted by atomic mass is 19.2. The summed E-state index contributed by atoms with van der Waals surface area (Å²) < 4.78 is 40.4. The third-order valence-electron chi connectivity index (χ3n) is 3.83. The summed E-state index contributed by atoms with van der Waals surface area (Å²) in [7, 11) is 0. The maximum absolute atomic E-state index is 13.8. The smallest absolute Gasteiger partial charge is 0.182 e. The Morgan fingerprint density at radius 1 is 1.05 bits per heavy atom. The lowest BCUT2D eigenvalue weighted by molar-refractivity contribution is 0.495. The second-order valence-corrected chi connectivity index (χ2v) is 5.62. The van der Waals surface area contributed by atoms with Gasteiger partial charge in [0.25, 0.3) is 0 Å². The lowest BCUT2D eigenvalue weighted by Gasteiger charge is -2.21. The van der Waals surface area contributed by atoms with E-state index in [2.05, 4.69) is 5.32 Å². The topological polar surface area (TPSA) is 12.0 Å². The van der Waals surface area contributed by atoms with Crippen LogP contribution in [0.25, 0.3) is 0 Å². The van der Waals surface area contributed by atoms with Crippen molar-refractivity contribution < 1.29 is 13.2 Å². The Balaban J connectivity index is 1.91. The molecule has 4 heteroatoms. The van der Waals surface area contributed by atoms with E-state index >= 15 is 0 Å². The van der Waals surface area contributed by atoms with Crippen molar-refractivity contribution in [1.82, 2.24) is 0 Å². The Hall–Kier alpha value is -1.97. The van der Waals surface area contributed by atoms with Crippen molar-refractivity contribution in [3.8, 4) is 0 Å². The fourth-order valence-electron chi connectivity index (χ4n) is 2.51. The monoisotopic (exact) mass is 291 g/mol. The first-order valence-corrected chi connectivity index (χ1v) is 7.02. The molecule has 0 bridgehead atoms. The molecule has 0 radical (unpaired) electrons. The fourth-order valence-corrected chi connectivity index (χ4v) is 2.51. The minimum atomic E-state index is -1.17. The predicted molar refractivity (Wildman–Crippen MR) is 76.6 cm³/mol. The molecule has 21 heavy (non-hydrogen) atoms. The van der Waals surface area contributed by atoms with Gasteiger partial charge in [0.05, 0.1) is 11.7 Å². The van der Waals surface area contributed by atoms with E-state index in [1.165, 1.54) is 0 Å². The van der Waals surface area contributed by atoms with E-state index in [1.54, 1.807) is 0 Å². The average Bonchev–Trinajstić information content (AvgIpc) is 3.27. The Bertz CT molecular complexity index is 648. The Morgan fingerprint density at radius 3 is 2.33 bits per heavy atom. The third-order valence-corrected chi connectivity index (χ3v) is 3.83. The summed E-state index contributed by atoms with van der Waals surface area (Å²) in [6, 6.07) is 9.34. The molecular formula is C17H16F3N. The Kier molecular flexibility index (Phi) is 3.62. The van der Waals surface area contributed by atoms with Crippen LogP contribution in [0.15, 0.2) is 36.4 Å². The number of hydrogen-bond acceptors (Lipinski definition) is 1. The predicted octanol–water partition coefficient (Wildman–Crippen LogP) is 4.98. The lowest BCUT2D eigenvalue weighted by Crippen LogP contribution is -2.14. The molecular weight excluding hydrogens is 275 g/mol. The first-order chi connectivity index (χ1) is 10.0. The van der Waals surface area contributed by atoms with Crippen molar-refractivity contribution in [3.05, 3.63) is 65.0 Å². The standard InChI is InChI=1S/C17H16F3N/c1-10-2-4-11(5-3-10)17(12-6-7-12)21-15-9-13(18)8-14(19)16(15)20/h2-5,8-9,12,17,21H,6-7H2,1H3. The van der Waals surface area contributed by atoms with Crippen molar-refractivity contribution in [3.63, 3.8) is 0 Å². The maximum Gasteiger partial charge on any atom is 0.182 e. The molecule has 0 saturated heterocycles. The average molecular weight is 291 g/mol. The van der Waals surface area contributed by atoms with Crippen LogP contribution in [0.5, 0.6) is 0 Å². The molecule has 2 aromatic rings. The number of rotatable bonds is 4. The number of aryl methyl sites for hydroxylation is 1. The summed E-state index contributed by atoms with van der Waals surface area (Å²) in [5.41, 5.74) is 2.02. The van der Waals surface area contributed by atoms with Gasteiger partial charge in [-0.05, 0) is 31.2 Å². The normalized spacial score (nSPS) is 15.8. The summed E-state index contributed by atoms with van der Waals surface area (Å²) in [6.45, 7) is 1.99. The van der Waals surface area contributed by atoms with E-state index in [9.17, 15) is 13.2 Å². The van der Waals surface area contributed by atoms with Gasteiger partial charge in [-0.2, -0.15) is 0 Å².